The van der Waals surface area contributed by atoms with E-state index in [-0.39, 0.29) is 11.9 Å². The number of amides is 1. The van der Waals surface area contributed by atoms with Gasteiger partial charge in [-0.25, -0.2) is 0 Å². The number of methoxy groups -OCH3 is 1. The highest BCUT2D eigenvalue weighted by Gasteiger charge is 2.17. The maximum absolute atomic E-state index is 12.2. The third kappa shape index (κ3) is 5.99. The Kier molecular flexibility index (Phi) is 7.71. The highest BCUT2D eigenvalue weighted by molar-refractivity contribution is 7.99. The SMILES string of the molecule is COc1ccc(-c2nnc(SCC(=O)N[C@@H](C)C(C)C)n2CC(C)C)cc1. The van der Waals surface area contributed by atoms with Crippen LogP contribution in [0, 0.1) is 11.8 Å². The second-order valence-electron chi connectivity index (χ2n) is 7.43. The molecule has 2 rings (SSSR count). The van der Waals surface area contributed by atoms with Crippen LogP contribution in [0.2, 0.25) is 0 Å². The van der Waals surface area contributed by atoms with Gasteiger partial charge in [0.05, 0.1) is 12.9 Å². The Morgan fingerprint density at radius 3 is 2.37 bits per heavy atom. The molecule has 0 aliphatic heterocycles. The first kappa shape index (κ1) is 21.3. The maximum Gasteiger partial charge on any atom is 0.230 e. The molecule has 0 aliphatic rings. The second kappa shape index (κ2) is 9.78. The summed E-state index contributed by atoms with van der Waals surface area (Å²) in [5, 5.41) is 12.5. The molecule has 0 saturated heterocycles. The molecule has 148 valence electrons. The number of hydrogen-bond acceptors (Lipinski definition) is 5. The van der Waals surface area contributed by atoms with Crippen molar-refractivity contribution in [2.24, 2.45) is 11.8 Å². The first-order valence-electron chi connectivity index (χ1n) is 9.31. The first-order valence-corrected chi connectivity index (χ1v) is 10.3. The quantitative estimate of drug-likeness (QED) is 0.659. The van der Waals surface area contributed by atoms with Gasteiger partial charge >= 0.3 is 0 Å². The molecule has 7 heteroatoms. The molecule has 0 fully saturated rings. The number of carbonyl (C=O) groups is 1. The van der Waals surface area contributed by atoms with Gasteiger partial charge in [0.15, 0.2) is 11.0 Å². The molecule has 27 heavy (non-hydrogen) atoms. The zero-order valence-electron chi connectivity index (χ0n) is 17.0. The van der Waals surface area contributed by atoms with Gasteiger partial charge in [-0.05, 0) is 43.0 Å². The predicted octanol–water partition coefficient (Wildman–Crippen LogP) is 3.86. The highest BCUT2D eigenvalue weighted by Crippen LogP contribution is 2.26. The van der Waals surface area contributed by atoms with E-state index in [0.717, 1.165) is 28.8 Å². The van der Waals surface area contributed by atoms with Gasteiger partial charge in [0, 0.05) is 18.2 Å². The molecule has 0 bridgehead atoms. The topological polar surface area (TPSA) is 69.0 Å². The number of nitrogens with zero attached hydrogens (tertiary/aromatic N) is 3. The van der Waals surface area contributed by atoms with E-state index in [1.165, 1.54) is 11.8 Å². The summed E-state index contributed by atoms with van der Waals surface area (Å²) in [5.74, 6) is 2.81. The monoisotopic (exact) mass is 390 g/mol. The van der Waals surface area contributed by atoms with E-state index in [1.807, 2.05) is 31.2 Å². The molecule has 1 aromatic carbocycles. The highest BCUT2D eigenvalue weighted by atomic mass is 32.2. The van der Waals surface area contributed by atoms with Crippen LogP contribution in [-0.2, 0) is 11.3 Å². The van der Waals surface area contributed by atoms with Crippen LogP contribution in [0.3, 0.4) is 0 Å². The molecule has 6 nitrogen and oxygen atoms in total. The molecule has 0 spiro atoms. The van der Waals surface area contributed by atoms with Gasteiger partial charge in [-0.1, -0.05) is 39.5 Å². The smallest absolute Gasteiger partial charge is 0.230 e. The number of nitrogens with one attached hydrogen (secondary N) is 1. The van der Waals surface area contributed by atoms with Gasteiger partial charge in [-0.2, -0.15) is 0 Å². The molecule has 0 aliphatic carbocycles. The molecule has 1 atom stereocenters. The Labute approximate surface area is 166 Å². The molecular formula is C20H30N4O2S. The molecule has 0 unspecified atom stereocenters. The second-order valence-corrected chi connectivity index (χ2v) is 8.37. The van der Waals surface area contributed by atoms with Gasteiger partial charge in [0.1, 0.15) is 5.75 Å². The van der Waals surface area contributed by atoms with Gasteiger partial charge in [0.2, 0.25) is 5.91 Å². The molecule has 1 N–H and O–H groups in total. The molecular weight excluding hydrogens is 360 g/mol. The molecule has 1 heterocycles. The lowest BCUT2D eigenvalue weighted by Gasteiger charge is -2.17. The summed E-state index contributed by atoms with van der Waals surface area (Å²) in [7, 11) is 1.65. The maximum atomic E-state index is 12.2. The van der Waals surface area contributed by atoms with Crippen molar-refractivity contribution < 1.29 is 9.53 Å². The van der Waals surface area contributed by atoms with Crippen LogP contribution in [-0.4, -0.2) is 39.6 Å². The Morgan fingerprint density at radius 1 is 1.15 bits per heavy atom. The summed E-state index contributed by atoms with van der Waals surface area (Å²) in [6.07, 6.45) is 0. The van der Waals surface area contributed by atoms with Crippen LogP contribution >= 0.6 is 11.8 Å². The summed E-state index contributed by atoms with van der Waals surface area (Å²) in [5.41, 5.74) is 0.980. The van der Waals surface area contributed by atoms with Gasteiger partial charge in [-0.3, -0.25) is 4.79 Å². The van der Waals surface area contributed by atoms with Crippen molar-refractivity contribution in [3.05, 3.63) is 24.3 Å². The van der Waals surface area contributed by atoms with Gasteiger partial charge in [-0.15, -0.1) is 10.2 Å². The standard InChI is InChI=1S/C20H30N4O2S/c1-13(2)11-24-19(16-7-9-17(26-6)10-8-16)22-23-20(24)27-12-18(25)21-15(5)14(3)4/h7-10,13-15H,11-12H2,1-6H3,(H,21,25)/t15-/m0/s1. The van der Waals surface area contributed by atoms with E-state index in [2.05, 4.69) is 47.8 Å². The van der Waals surface area contributed by atoms with Gasteiger partial charge in [0.25, 0.3) is 0 Å². The lowest BCUT2D eigenvalue weighted by atomic mass is 10.1. The van der Waals surface area contributed by atoms with Gasteiger partial charge < -0.3 is 14.6 Å². The van der Waals surface area contributed by atoms with Crippen molar-refractivity contribution in [3.8, 4) is 17.1 Å². The fraction of sp³-hybridized carbons (Fsp3) is 0.550. The van der Waals surface area contributed by atoms with Crippen LogP contribution < -0.4 is 10.1 Å². The van der Waals surface area contributed by atoms with E-state index in [4.69, 9.17) is 4.74 Å². The largest absolute Gasteiger partial charge is 0.497 e. The molecule has 1 aromatic heterocycles. The third-order valence-corrected chi connectivity index (χ3v) is 5.30. The average molecular weight is 391 g/mol. The number of benzene rings is 1. The van der Waals surface area contributed by atoms with Crippen molar-refractivity contribution in [1.29, 1.82) is 0 Å². The Hall–Kier alpha value is -2.02. The normalized spacial score (nSPS) is 12.4. The van der Waals surface area contributed by atoms with Crippen LogP contribution in [0.15, 0.2) is 29.4 Å². The van der Waals surface area contributed by atoms with Crippen molar-refractivity contribution >= 4 is 17.7 Å². The van der Waals surface area contributed by atoms with E-state index in [9.17, 15) is 4.79 Å². The number of carbonyl (C=O) groups excluding carboxylic acids is 1. The Balaban J connectivity index is 2.16. The lowest BCUT2D eigenvalue weighted by Crippen LogP contribution is -2.37. The van der Waals surface area contributed by atoms with Crippen molar-refractivity contribution in [3.63, 3.8) is 0 Å². The van der Waals surface area contributed by atoms with Crippen molar-refractivity contribution in [2.45, 2.75) is 52.4 Å². The summed E-state index contributed by atoms with van der Waals surface area (Å²) in [4.78, 5) is 12.2. The minimum Gasteiger partial charge on any atom is -0.497 e. The molecule has 0 radical (unpaired) electrons. The zero-order valence-corrected chi connectivity index (χ0v) is 17.8. The van der Waals surface area contributed by atoms with E-state index in [1.54, 1.807) is 7.11 Å². The summed E-state index contributed by atoms with van der Waals surface area (Å²) in [6, 6.07) is 7.94. The lowest BCUT2D eigenvalue weighted by molar-refractivity contribution is -0.119. The van der Waals surface area contributed by atoms with Crippen molar-refractivity contribution in [1.82, 2.24) is 20.1 Å². The Bertz CT molecular complexity index is 741. The number of thioether (sulfide) groups is 1. The van der Waals surface area contributed by atoms with E-state index >= 15 is 0 Å². The van der Waals surface area contributed by atoms with Crippen molar-refractivity contribution in [2.75, 3.05) is 12.9 Å². The fourth-order valence-corrected chi connectivity index (χ4v) is 3.23. The fourth-order valence-electron chi connectivity index (χ4n) is 2.47. The summed E-state index contributed by atoms with van der Waals surface area (Å²) >= 11 is 1.43. The Morgan fingerprint density at radius 2 is 1.81 bits per heavy atom. The molecule has 1 amide bonds. The van der Waals surface area contributed by atoms with Crippen LogP contribution in [0.25, 0.3) is 11.4 Å². The molecule has 0 saturated carbocycles. The summed E-state index contributed by atoms with van der Waals surface area (Å²) in [6.45, 7) is 11.3. The number of rotatable bonds is 9. The van der Waals surface area contributed by atoms with E-state index in [0.29, 0.717) is 17.6 Å². The number of hydrogen-bond donors (Lipinski definition) is 1. The number of ether oxygens (including phenoxy) is 1. The first-order chi connectivity index (χ1) is 12.8. The predicted molar refractivity (Wildman–Crippen MR) is 110 cm³/mol. The van der Waals surface area contributed by atoms with E-state index < -0.39 is 0 Å². The third-order valence-electron chi connectivity index (χ3n) is 4.33. The minimum absolute atomic E-state index is 0.0197. The number of aromatic nitrogens is 3. The van der Waals surface area contributed by atoms with Crippen LogP contribution in [0.4, 0.5) is 0 Å². The summed E-state index contributed by atoms with van der Waals surface area (Å²) < 4.78 is 7.32. The van der Waals surface area contributed by atoms with Crippen LogP contribution in [0.1, 0.15) is 34.6 Å². The van der Waals surface area contributed by atoms with Crippen LogP contribution in [0.5, 0.6) is 5.75 Å². The average Bonchev–Trinajstić information content (AvgIpc) is 3.01. The minimum atomic E-state index is 0.0197. The molecule has 2 aromatic rings. The zero-order chi connectivity index (χ0) is 20.0.